The first kappa shape index (κ1) is 14.5. The van der Waals surface area contributed by atoms with Crippen molar-refractivity contribution in [1.29, 1.82) is 0 Å². The van der Waals surface area contributed by atoms with Crippen LogP contribution in [0, 0.1) is 5.92 Å². The second-order valence-electron chi connectivity index (χ2n) is 5.22. The minimum absolute atomic E-state index is 0.411. The van der Waals surface area contributed by atoms with Crippen LogP contribution in [0.2, 0.25) is 0 Å². The van der Waals surface area contributed by atoms with Gasteiger partial charge in [0, 0.05) is 18.5 Å². The molecule has 1 aliphatic rings. The van der Waals surface area contributed by atoms with Gasteiger partial charge in [-0.3, -0.25) is 0 Å². The van der Waals surface area contributed by atoms with E-state index in [4.69, 9.17) is 21.1 Å². The van der Waals surface area contributed by atoms with Crippen molar-refractivity contribution >= 4 is 11.6 Å². The van der Waals surface area contributed by atoms with Crippen molar-refractivity contribution in [3.05, 3.63) is 24.3 Å². The molecule has 0 saturated heterocycles. The fourth-order valence-corrected chi connectivity index (χ4v) is 2.83. The first-order chi connectivity index (χ1) is 9.17. The van der Waals surface area contributed by atoms with Crippen LogP contribution in [0.15, 0.2) is 24.3 Å². The molecule has 3 nitrogen and oxygen atoms in total. The molecule has 0 bridgehead atoms. The molecule has 0 heterocycles. The Kier molecular flexibility index (Phi) is 5.34. The Morgan fingerprint density at radius 3 is 2.42 bits per heavy atom. The van der Waals surface area contributed by atoms with Crippen LogP contribution < -0.4 is 9.47 Å². The summed E-state index contributed by atoms with van der Waals surface area (Å²) in [7, 11) is 3.80. The number of ether oxygens (including phenoxy) is 2. The van der Waals surface area contributed by atoms with Crippen molar-refractivity contribution in [2.45, 2.75) is 18.2 Å². The zero-order chi connectivity index (χ0) is 13.7. The normalized spacial score (nSPS) is 22.1. The third kappa shape index (κ3) is 4.59. The number of alkyl halides is 1. The molecule has 1 aromatic carbocycles. The Balaban J connectivity index is 1.62. The minimum atomic E-state index is 0.411. The third-order valence-corrected chi connectivity index (χ3v) is 3.91. The number of likely N-dealkylation sites (N-methyl/N-ethyl adjacent to an activating group) is 1. The Morgan fingerprint density at radius 2 is 1.84 bits per heavy atom. The van der Waals surface area contributed by atoms with Crippen molar-refractivity contribution in [1.82, 2.24) is 4.90 Å². The maximum absolute atomic E-state index is 5.98. The number of halogens is 1. The molecule has 0 radical (unpaired) electrons. The van der Waals surface area contributed by atoms with Gasteiger partial charge in [-0.05, 0) is 50.1 Å². The van der Waals surface area contributed by atoms with Gasteiger partial charge in [0.05, 0.1) is 7.11 Å². The van der Waals surface area contributed by atoms with Crippen LogP contribution in [0.5, 0.6) is 11.5 Å². The van der Waals surface area contributed by atoms with E-state index < -0.39 is 0 Å². The van der Waals surface area contributed by atoms with E-state index >= 15 is 0 Å². The van der Waals surface area contributed by atoms with Crippen molar-refractivity contribution in [2.24, 2.45) is 5.92 Å². The smallest absolute Gasteiger partial charge is 0.119 e. The lowest BCUT2D eigenvalue weighted by atomic mass is 9.84. The van der Waals surface area contributed by atoms with Crippen LogP contribution >= 0.6 is 11.6 Å². The molecule has 0 aromatic heterocycles. The van der Waals surface area contributed by atoms with E-state index in [0.717, 1.165) is 43.3 Å². The van der Waals surface area contributed by atoms with Crippen molar-refractivity contribution in [3.63, 3.8) is 0 Å². The molecule has 106 valence electrons. The van der Waals surface area contributed by atoms with E-state index in [0.29, 0.717) is 12.0 Å². The summed E-state index contributed by atoms with van der Waals surface area (Å²) >= 11 is 5.98. The predicted octanol–water partition coefficient (Wildman–Crippen LogP) is 3.02. The lowest BCUT2D eigenvalue weighted by Gasteiger charge is -2.34. The zero-order valence-electron chi connectivity index (χ0n) is 11.6. The van der Waals surface area contributed by atoms with E-state index in [2.05, 4.69) is 11.9 Å². The molecule has 1 aromatic rings. The summed E-state index contributed by atoms with van der Waals surface area (Å²) in [5.41, 5.74) is 0. The minimum Gasteiger partial charge on any atom is -0.497 e. The fraction of sp³-hybridized carbons (Fsp3) is 0.600. The standard InChI is InChI=1S/C15H22ClNO2/c1-17(11-12-9-13(16)10-12)7-8-19-15-5-3-14(18-2)4-6-15/h3-6,12-13H,7-11H2,1-2H3. The second kappa shape index (κ2) is 7.01. The quantitative estimate of drug-likeness (QED) is 0.718. The number of methoxy groups -OCH3 is 1. The monoisotopic (exact) mass is 283 g/mol. The summed E-state index contributed by atoms with van der Waals surface area (Å²) in [5, 5.41) is 0.411. The molecule has 1 aliphatic carbocycles. The molecule has 1 saturated carbocycles. The van der Waals surface area contributed by atoms with Gasteiger partial charge in [0.15, 0.2) is 0 Å². The van der Waals surface area contributed by atoms with E-state index in [1.807, 2.05) is 24.3 Å². The van der Waals surface area contributed by atoms with E-state index in [1.54, 1.807) is 7.11 Å². The van der Waals surface area contributed by atoms with Gasteiger partial charge in [0.2, 0.25) is 0 Å². The highest BCUT2D eigenvalue weighted by molar-refractivity contribution is 6.21. The van der Waals surface area contributed by atoms with Gasteiger partial charge in [-0.2, -0.15) is 0 Å². The SMILES string of the molecule is COc1ccc(OCCN(C)CC2CC(Cl)C2)cc1. The Bertz CT molecular complexity index is 376. The zero-order valence-corrected chi connectivity index (χ0v) is 12.4. The van der Waals surface area contributed by atoms with E-state index in [9.17, 15) is 0 Å². The summed E-state index contributed by atoms with van der Waals surface area (Å²) in [4.78, 5) is 2.32. The summed E-state index contributed by atoms with van der Waals surface area (Å²) in [6, 6.07) is 7.69. The lowest BCUT2D eigenvalue weighted by Crippen LogP contribution is -2.36. The maximum Gasteiger partial charge on any atom is 0.119 e. The van der Waals surface area contributed by atoms with Crippen molar-refractivity contribution in [2.75, 3.05) is 33.9 Å². The number of hydrogen-bond donors (Lipinski definition) is 0. The van der Waals surface area contributed by atoms with Gasteiger partial charge < -0.3 is 14.4 Å². The average Bonchev–Trinajstić information content (AvgIpc) is 2.38. The molecule has 0 spiro atoms. The van der Waals surface area contributed by atoms with E-state index in [-0.39, 0.29) is 0 Å². The lowest BCUT2D eigenvalue weighted by molar-refractivity contribution is 0.180. The van der Waals surface area contributed by atoms with Crippen LogP contribution in [-0.2, 0) is 0 Å². The fourth-order valence-electron chi connectivity index (χ4n) is 2.33. The maximum atomic E-state index is 5.98. The Labute approximate surface area is 120 Å². The Hall–Kier alpha value is -0.930. The van der Waals surface area contributed by atoms with Crippen LogP contribution in [-0.4, -0.2) is 44.1 Å². The first-order valence-corrected chi connectivity index (χ1v) is 7.20. The van der Waals surface area contributed by atoms with Gasteiger partial charge in [-0.1, -0.05) is 0 Å². The average molecular weight is 284 g/mol. The molecule has 19 heavy (non-hydrogen) atoms. The second-order valence-corrected chi connectivity index (χ2v) is 5.84. The third-order valence-electron chi connectivity index (χ3n) is 3.55. The highest BCUT2D eigenvalue weighted by Gasteiger charge is 2.27. The number of nitrogens with zero attached hydrogens (tertiary/aromatic N) is 1. The highest BCUT2D eigenvalue weighted by atomic mass is 35.5. The van der Waals surface area contributed by atoms with Gasteiger partial charge >= 0.3 is 0 Å². The van der Waals surface area contributed by atoms with Gasteiger partial charge in [-0.15, -0.1) is 11.6 Å². The molecule has 4 heteroatoms. The van der Waals surface area contributed by atoms with Gasteiger partial charge in [0.1, 0.15) is 18.1 Å². The van der Waals surface area contributed by atoms with E-state index in [1.165, 1.54) is 0 Å². The molecule has 1 fully saturated rings. The van der Waals surface area contributed by atoms with Gasteiger partial charge in [0.25, 0.3) is 0 Å². The van der Waals surface area contributed by atoms with Crippen LogP contribution in [0.4, 0.5) is 0 Å². The molecule has 0 aliphatic heterocycles. The van der Waals surface area contributed by atoms with Crippen LogP contribution in [0.3, 0.4) is 0 Å². The van der Waals surface area contributed by atoms with Crippen LogP contribution in [0.1, 0.15) is 12.8 Å². The number of rotatable bonds is 7. The molecule has 0 N–H and O–H groups in total. The summed E-state index contributed by atoms with van der Waals surface area (Å²) in [6.07, 6.45) is 2.32. The first-order valence-electron chi connectivity index (χ1n) is 6.77. The summed E-state index contributed by atoms with van der Waals surface area (Å²) < 4.78 is 10.8. The van der Waals surface area contributed by atoms with Gasteiger partial charge in [-0.25, -0.2) is 0 Å². The number of hydrogen-bond acceptors (Lipinski definition) is 3. The van der Waals surface area contributed by atoms with Crippen molar-refractivity contribution in [3.8, 4) is 11.5 Å². The topological polar surface area (TPSA) is 21.7 Å². The largest absolute Gasteiger partial charge is 0.497 e. The number of benzene rings is 1. The summed E-state index contributed by atoms with van der Waals surface area (Å²) in [5.74, 6) is 2.51. The molecular weight excluding hydrogens is 262 g/mol. The van der Waals surface area contributed by atoms with Crippen LogP contribution in [0.25, 0.3) is 0 Å². The highest BCUT2D eigenvalue weighted by Crippen LogP contribution is 2.32. The predicted molar refractivity (Wildman–Crippen MR) is 78.4 cm³/mol. The Morgan fingerprint density at radius 1 is 1.21 bits per heavy atom. The molecule has 0 unspecified atom stereocenters. The molecule has 2 rings (SSSR count). The molecule has 0 atom stereocenters. The van der Waals surface area contributed by atoms with Crippen molar-refractivity contribution < 1.29 is 9.47 Å². The molecular formula is C15H22ClNO2. The molecule has 0 amide bonds. The summed E-state index contributed by atoms with van der Waals surface area (Å²) in [6.45, 7) is 2.77.